The molecule has 36 heavy (non-hydrogen) atoms. The van der Waals surface area contributed by atoms with E-state index in [9.17, 15) is 4.79 Å². The second-order valence-electron chi connectivity index (χ2n) is 10.4. The van der Waals surface area contributed by atoms with Gasteiger partial charge in [-0.25, -0.2) is 14.7 Å². The van der Waals surface area contributed by atoms with Gasteiger partial charge in [0, 0.05) is 20.1 Å². The Hall–Kier alpha value is -3.36. The van der Waals surface area contributed by atoms with Gasteiger partial charge in [-0.2, -0.15) is 0 Å². The van der Waals surface area contributed by atoms with Gasteiger partial charge in [0.15, 0.2) is 0 Å². The molecule has 0 atom stereocenters. The van der Waals surface area contributed by atoms with E-state index in [4.69, 9.17) is 4.99 Å². The summed E-state index contributed by atoms with van der Waals surface area (Å²) in [6, 6.07) is 14.2. The van der Waals surface area contributed by atoms with Gasteiger partial charge in [-0.05, 0) is 73.5 Å². The molecule has 1 aliphatic heterocycles. The Kier molecular flexibility index (Phi) is 6.98. The van der Waals surface area contributed by atoms with Crippen molar-refractivity contribution in [1.82, 2.24) is 25.3 Å². The van der Waals surface area contributed by atoms with Crippen LogP contribution in [0.4, 0.5) is 11.4 Å². The van der Waals surface area contributed by atoms with Crippen LogP contribution >= 0.6 is 0 Å². The number of aromatic nitrogens is 3. The smallest absolute Gasteiger partial charge is 0.247 e. The van der Waals surface area contributed by atoms with Crippen molar-refractivity contribution in [3.05, 3.63) is 65.5 Å². The Morgan fingerprint density at radius 1 is 1.17 bits per heavy atom. The number of aliphatic imine (C=N–C) groups is 1. The van der Waals surface area contributed by atoms with E-state index in [1.165, 1.54) is 12.8 Å². The molecule has 0 radical (unpaired) electrons. The van der Waals surface area contributed by atoms with Crippen molar-refractivity contribution in [3.8, 4) is 5.69 Å². The summed E-state index contributed by atoms with van der Waals surface area (Å²) in [6.07, 6.45) is 4.66. The Balaban J connectivity index is 1.46. The average Bonchev–Trinajstić information content (AvgIpc) is 3.57. The van der Waals surface area contributed by atoms with Crippen molar-refractivity contribution in [2.45, 2.75) is 46.6 Å². The maximum Gasteiger partial charge on any atom is 0.247 e. The first-order valence-electron chi connectivity index (χ1n) is 12.8. The number of anilines is 1. The molecule has 1 amide bonds. The Morgan fingerprint density at radius 2 is 2.00 bits per heavy atom. The van der Waals surface area contributed by atoms with Crippen LogP contribution < -0.4 is 10.3 Å². The molecule has 3 aromatic rings. The third kappa shape index (κ3) is 5.39. The molecule has 8 nitrogen and oxygen atoms in total. The number of hydrazine groups is 1. The molecule has 0 saturated heterocycles. The zero-order chi connectivity index (χ0) is 25.2. The largest absolute Gasteiger partial charge is 0.311 e. The third-order valence-corrected chi connectivity index (χ3v) is 6.62. The van der Waals surface area contributed by atoms with Crippen LogP contribution in [0.25, 0.3) is 5.69 Å². The molecule has 1 N–H and O–H groups in total. The van der Waals surface area contributed by atoms with Crippen LogP contribution in [-0.4, -0.2) is 51.8 Å². The van der Waals surface area contributed by atoms with Crippen LogP contribution in [0.1, 0.15) is 49.9 Å². The van der Waals surface area contributed by atoms with E-state index in [-0.39, 0.29) is 12.3 Å². The highest BCUT2D eigenvalue weighted by Gasteiger charge is 2.28. The zero-order valence-electron chi connectivity index (χ0n) is 21.6. The van der Waals surface area contributed by atoms with Gasteiger partial charge < -0.3 is 5.32 Å². The van der Waals surface area contributed by atoms with Crippen LogP contribution in [0, 0.1) is 18.8 Å². The van der Waals surface area contributed by atoms with Crippen LogP contribution in [0.15, 0.2) is 53.7 Å². The van der Waals surface area contributed by atoms with Gasteiger partial charge in [-0.15, -0.1) is 5.10 Å². The van der Waals surface area contributed by atoms with Crippen molar-refractivity contribution in [2.24, 2.45) is 16.8 Å². The normalized spacial score (nSPS) is 15.9. The molecule has 1 aliphatic carbocycles. The van der Waals surface area contributed by atoms with E-state index in [1.807, 2.05) is 66.1 Å². The highest BCUT2D eigenvalue weighted by molar-refractivity contribution is 6.17. The van der Waals surface area contributed by atoms with E-state index in [2.05, 4.69) is 29.5 Å². The van der Waals surface area contributed by atoms with Crippen molar-refractivity contribution >= 4 is 23.0 Å². The van der Waals surface area contributed by atoms with E-state index >= 15 is 0 Å². The number of hydrogen-bond acceptors (Lipinski definition) is 6. The molecule has 5 rings (SSSR count). The number of amides is 1. The highest BCUT2D eigenvalue weighted by atomic mass is 16.2. The molecule has 2 aliphatic rings. The highest BCUT2D eigenvalue weighted by Crippen LogP contribution is 2.35. The Morgan fingerprint density at radius 3 is 2.78 bits per heavy atom. The maximum atomic E-state index is 13.6. The van der Waals surface area contributed by atoms with Crippen molar-refractivity contribution in [3.63, 3.8) is 0 Å². The Labute approximate surface area is 213 Å². The Bertz CT molecular complexity index is 1270. The monoisotopic (exact) mass is 485 g/mol. The molecule has 1 saturated carbocycles. The quantitative estimate of drug-likeness (QED) is 0.485. The first-order valence-corrected chi connectivity index (χ1v) is 12.8. The van der Waals surface area contributed by atoms with Gasteiger partial charge in [-0.1, -0.05) is 37.3 Å². The number of hydrogen-bond donors (Lipinski definition) is 1. The number of carbonyl (C=O) groups is 1. The van der Waals surface area contributed by atoms with Crippen LogP contribution in [-0.2, 0) is 11.3 Å². The fourth-order valence-electron chi connectivity index (χ4n) is 4.72. The number of carbonyl (C=O) groups excluding carboxylic acids is 1. The summed E-state index contributed by atoms with van der Waals surface area (Å²) in [5.41, 5.74) is 6.30. The second-order valence-corrected chi connectivity index (χ2v) is 10.4. The number of nitrogens with one attached hydrogen (secondary N) is 1. The first kappa shape index (κ1) is 24.3. The summed E-state index contributed by atoms with van der Waals surface area (Å²) in [5.74, 6) is 1.25. The number of aryl methyl sites for hydroxylation is 1. The molecule has 1 fully saturated rings. The van der Waals surface area contributed by atoms with Crippen LogP contribution in [0.5, 0.6) is 0 Å². The summed E-state index contributed by atoms with van der Waals surface area (Å²) in [6.45, 7) is 8.88. The number of rotatable bonds is 9. The van der Waals surface area contributed by atoms with Gasteiger partial charge in [-0.3, -0.25) is 9.79 Å². The van der Waals surface area contributed by atoms with E-state index < -0.39 is 0 Å². The zero-order valence-corrected chi connectivity index (χ0v) is 21.6. The molecular formula is C28H35N7O. The minimum absolute atomic E-state index is 0.0115. The summed E-state index contributed by atoms with van der Waals surface area (Å²) in [7, 11) is 1.97. The molecule has 2 aromatic carbocycles. The topological polar surface area (TPSA) is 78.7 Å². The minimum atomic E-state index is 0.0115. The first-order chi connectivity index (χ1) is 17.4. The summed E-state index contributed by atoms with van der Waals surface area (Å²) >= 11 is 0. The molecule has 8 heteroatoms. The van der Waals surface area contributed by atoms with E-state index in [1.54, 1.807) is 11.2 Å². The SMILES string of the molecule is Cc1ccc2c(c1)N(N(C)CC(C)C)C(=O)CC(c1cccc(-n3nncc3CNCC3CC3)c1)=N2. The van der Waals surface area contributed by atoms with Gasteiger partial charge in [0.05, 0.1) is 41.1 Å². The van der Waals surface area contributed by atoms with Gasteiger partial charge >= 0.3 is 0 Å². The summed E-state index contributed by atoms with van der Waals surface area (Å²) in [5, 5.41) is 15.8. The average molecular weight is 486 g/mol. The second kappa shape index (κ2) is 10.3. The minimum Gasteiger partial charge on any atom is -0.311 e. The summed E-state index contributed by atoms with van der Waals surface area (Å²) in [4.78, 5) is 18.6. The molecule has 188 valence electrons. The molecule has 0 unspecified atom stereocenters. The predicted octanol–water partition coefficient (Wildman–Crippen LogP) is 4.44. The molecular weight excluding hydrogens is 450 g/mol. The fraction of sp³-hybridized carbons (Fsp3) is 0.429. The number of nitrogens with zero attached hydrogens (tertiary/aromatic N) is 6. The maximum absolute atomic E-state index is 13.6. The fourth-order valence-corrected chi connectivity index (χ4v) is 4.72. The van der Waals surface area contributed by atoms with E-state index in [0.717, 1.165) is 65.1 Å². The summed E-state index contributed by atoms with van der Waals surface area (Å²) < 4.78 is 1.86. The predicted molar refractivity (Wildman–Crippen MR) is 143 cm³/mol. The molecule has 0 spiro atoms. The van der Waals surface area contributed by atoms with Crippen molar-refractivity contribution in [2.75, 3.05) is 25.1 Å². The van der Waals surface area contributed by atoms with Crippen LogP contribution in [0.3, 0.4) is 0 Å². The third-order valence-electron chi connectivity index (χ3n) is 6.62. The van der Waals surface area contributed by atoms with Gasteiger partial charge in [0.25, 0.3) is 0 Å². The number of benzene rings is 2. The lowest BCUT2D eigenvalue weighted by Gasteiger charge is -2.33. The number of fused-ring (bicyclic) bond motifs is 1. The lowest BCUT2D eigenvalue weighted by atomic mass is 10.1. The lowest BCUT2D eigenvalue weighted by Crippen LogP contribution is -2.46. The van der Waals surface area contributed by atoms with Crippen LogP contribution in [0.2, 0.25) is 0 Å². The van der Waals surface area contributed by atoms with Crippen molar-refractivity contribution in [1.29, 1.82) is 0 Å². The molecule has 1 aromatic heterocycles. The van der Waals surface area contributed by atoms with Gasteiger partial charge in [0.1, 0.15) is 0 Å². The molecule has 0 bridgehead atoms. The molecule has 2 heterocycles. The lowest BCUT2D eigenvalue weighted by molar-refractivity contribution is -0.120. The van der Waals surface area contributed by atoms with Gasteiger partial charge in [0.2, 0.25) is 5.91 Å². The van der Waals surface area contributed by atoms with E-state index in [0.29, 0.717) is 5.92 Å². The standard InChI is InChI=1S/C28H35N7O/c1-19(2)18-33(4)35-27-12-20(3)8-11-25(27)31-26(14-28(35)36)22-6-5-7-23(13-22)34-24(17-30-32-34)16-29-15-21-9-10-21/h5-8,11-13,17,19,21,29H,9-10,14-16,18H2,1-4H3. The van der Waals surface area contributed by atoms with Crippen molar-refractivity contribution < 1.29 is 4.79 Å².